The number of nitrogens with zero attached hydrogens (tertiary/aromatic N) is 1. The molecule has 10 heteroatoms. The number of rotatable bonds is 12. The van der Waals surface area contributed by atoms with Crippen LogP contribution in [-0.2, 0) is 20.8 Å². The summed E-state index contributed by atoms with van der Waals surface area (Å²) >= 11 is 0. The highest BCUT2D eigenvalue weighted by molar-refractivity contribution is 5.88. The second kappa shape index (κ2) is 15.1. The van der Waals surface area contributed by atoms with Crippen LogP contribution in [0.1, 0.15) is 57.6 Å². The number of carbonyl (C=O) groups excluding carboxylic acids is 4. The molecule has 3 rings (SSSR count). The summed E-state index contributed by atoms with van der Waals surface area (Å²) < 4.78 is 11.1. The number of benzene rings is 2. The highest BCUT2D eigenvalue weighted by Crippen LogP contribution is 2.21. The van der Waals surface area contributed by atoms with Crippen LogP contribution in [0.4, 0.5) is 4.79 Å². The van der Waals surface area contributed by atoms with Gasteiger partial charge < -0.3 is 25.8 Å². The van der Waals surface area contributed by atoms with Crippen LogP contribution in [0.25, 0.3) is 0 Å². The zero-order chi connectivity index (χ0) is 29.9. The van der Waals surface area contributed by atoms with E-state index in [0.717, 1.165) is 24.0 Å². The van der Waals surface area contributed by atoms with Crippen molar-refractivity contribution in [2.45, 2.75) is 77.9 Å². The maximum atomic E-state index is 13.1. The number of hydrogen-bond acceptors (Lipinski definition) is 6. The van der Waals surface area contributed by atoms with Gasteiger partial charge in [0.1, 0.15) is 23.6 Å². The molecular formula is C31H42N4O6. The minimum atomic E-state index is -0.689. The van der Waals surface area contributed by atoms with E-state index in [4.69, 9.17) is 15.2 Å². The zero-order valence-electron chi connectivity index (χ0n) is 24.4. The number of amides is 4. The van der Waals surface area contributed by atoms with Gasteiger partial charge in [-0.25, -0.2) is 4.79 Å². The van der Waals surface area contributed by atoms with Gasteiger partial charge in [-0.3, -0.25) is 19.3 Å². The highest BCUT2D eigenvalue weighted by Gasteiger charge is 2.32. The van der Waals surface area contributed by atoms with Crippen LogP contribution >= 0.6 is 0 Å². The minimum absolute atomic E-state index is 0.180. The zero-order valence-corrected chi connectivity index (χ0v) is 24.4. The van der Waals surface area contributed by atoms with Gasteiger partial charge in [-0.1, -0.05) is 44.2 Å². The van der Waals surface area contributed by atoms with Gasteiger partial charge in [0, 0.05) is 12.6 Å². The fourth-order valence-corrected chi connectivity index (χ4v) is 4.85. The molecule has 41 heavy (non-hydrogen) atoms. The average molecular weight is 567 g/mol. The normalized spacial score (nSPS) is 16.4. The summed E-state index contributed by atoms with van der Waals surface area (Å²) in [5.74, 6) is 0.0288. The third kappa shape index (κ3) is 9.81. The van der Waals surface area contributed by atoms with Crippen LogP contribution in [0.5, 0.6) is 11.5 Å². The molecule has 0 bridgehead atoms. The molecule has 1 unspecified atom stereocenters. The predicted molar refractivity (Wildman–Crippen MR) is 155 cm³/mol. The molecule has 1 saturated heterocycles. The molecular weight excluding hydrogens is 524 g/mol. The lowest BCUT2D eigenvalue weighted by molar-refractivity contribution is -0.130. The number of primary amides is 1. The highest BCUT2D eigenvalue weighted by atomic mass is 16.6. The molecule has 1 heterocycles. The Hall–Kier alpha value is -4.08. The molecule has 4 amide bonds. The van der Waals surface area contributed by atoms with Crippen LogP contribution in [0, 0.1) is 12.8 Å². The van der Waals surface area contributed by atoms with Crippen LogP contribution in [-0.4, -0.2) is 60.0 Å². The van der Waals surface area contributed by atoms with E-state index < -0.39 is 24.1 Å². The lowest BCUT2D eigenvalue weighted by Gasteiger charge is -2.32. The van der Waals surface area contributed by atoms with Gasteiger partial charge in [0.2, 0.25) is 11.8 Å². The van der Waals surface area contributed by atoms with Crippen molar-refractivity contribution < 1.29 is 28.7 Å². The maximum Gasteiger partial charge on any atom is 0.415 e. The van der Waals surface area contributed by atoms with Gasteiger partial charge in [-0.2, -0.15) is 0 Å². The fraction of sp³-hybridized carbons (Fsp3) is 0.484. The van der Waals surface area contributed by atoms with Gasteiger partial charge in [0.15, 0.2) is 6.61 Å². The Morgan fingerprint density at radius 2 is 1.71 bits per heavy atom. The van der Waals surface area contributed by atoms with Crippen molar-refractivity contribution in [2.75, 3.05) is 13.2 Å². The SMILES string of the molecule is Cc1ccccc1OCC(=O)N[C@@H](CC(C)C)C(=O)N[C@@H](C)Cc1ccc(OC(=O)N2CCCCC2C(N)=O)cc1. The van der Waals surface area contributed by atoms with Crippen molar-refractivity contribution in [3.63, 3.8) is 0 Å². The third-order valence-corrected chi connectivity index (χ3v) is 6.94. The molecule has 0 spiro atoms. The Bertz CT molecular complexity index is 1200. The lowest BCUT2D eigenvalue weighted by Crippen LogP contribution is -2.51. The van der Waals surface area contributed by atoms with E-state index in [9.17, 15) is 19.2 Å². The number of likely N-dealkylation sites (tertiary alicyclic amines) is 1. The van der Waals surface area contributed by atoms with Crippen LogP contribution in [0.15, 0.2) is 48.5 Å². The van der Waals surface area contributed by atoms with E-state index in [0.29, 0.717) is 37.3 Å². The molecule has 4 N–H and O–H groups in total. The molecule has 222 valence electrons. The first kappa shape index (κ1) is 31.4. The van der Waals surface area contributed by atoms with Crippen LogP contribution in [0.3, 0.4) is 0 Å². The molecule has 1 aliphatic heterocycles. The van der Waals surface area contributed by atoms with E-state index >= 15 is 0 Å². The monoisotopic (exact) mass is 566 g/mol. The van der Waals surface area contributed by atoms with E-state index in [2.05, 4.69) is 10.6 Å². The van der Waals surface area contributed by atoms with Crippen molar-refractivity contribution in [1.82, 2.24) is 15.5 Å². The second-order valence-corrected chi connectivity index (χ2v) is 11.0. The summed E-state index contributed by atoms with van der Waals surface area (Å²) in [5, 5.41) is 5.81. The van der Waals surface area contributed by atoms with Crippen molar-refractivity contribution in [1.29, 1.82) is 0 Å². The summed E-state index contributed by atoms with van der Waals surface area (Å²) in [6.45, 7) is 8.03. The summed E-state index contributed by atoms with van der Waals surface area (Å²) in [6.07, 6.45) is 2.61. The standard InChI is InChI=1S/C31H42N4O6/c1-20(2)17-25(34-28(36)19-40-27-11-6-5-9-21(27)3)30(38)33-22(4)18-23-12-14-24(15-13-23)41-31(39)35-16-8-7-10-26(35)29(32)37/h5-6,9,11-15,20,22,25-26H,7-8,10,16-19H2,1-4H3,(H2,32,37)(H,33,38)(H,34,36)/t22-,25-,26?/m0/s1. The van der Waals surface area contributed by atoms with Crippen molar-refractivity contribution in [3.8, 4) is 11.5 Å². The summed E-state index contributed by atoms with van der Waals surface area (Å²) in [4.78, 5) is 51.4. The second-order valence-electron chi connectivity index (χ2n) is 11.0. The van der Waals surface area contributed by atoms with Gasteiger partial charge in [0.05, 0.1) is 0 Å². The maximum absolute atomic E-state index is 13.1. The van der Waals surface area contributed by atoms with Crippen molar-refractivity contribution >= 4 is 23.8 Å². The molecule has 2 aromatic carbocycles. The number of ether oxygens (including phenoxy) is 2. The summed E-state index contributed by atoms with van der Waals surface area (Å²) in [6, 6.07) is 12.9. The number of aryl methyl sites for hydroxylation is 1. The first-order valence-electron chi connectivity index (χ1n) is 14.2. The molecule has 1 fully saturated rings. The molecule has 0 saturated carbocycles. The lowest BCUT2D eigenvalue weighted by atomic mass is 10.0. The number of hydrogen-bond donors (Lipinski definition) is 3. The van der Waals surface area contributed by atoms with E-state index in [1.54, 1.807) is 18.2 Å². The number of nitrogens with two attached hydrogens (primary N) is 1. The summed E-state index contributed by atoms with van der Waals surface area (Å²) in [7, 11) is 0. The largest absolute Gasteiger partial charge is 0.484 e. The first-order valence-corrected chi connectivity index (χ1v) is 14.2. The summed E-state index contributed by atoms with van der Waals surface area (Å²) in [5.41, 5.74) is 7.31. The Morgan fingerprint density at radius 1 is 1.00 bits per heavy atom. The Balaban J connectivity index is 1.51. The van der Waals surface area contributed by atoms with E-state index in [1.807, 2.05) is 58.0 Å². The van der Waals surface area contributed by atoms with Crippen molar-refractivity contribution in [3.05, 3.63) is 59.7 Å². The molecule has 1 aliphatic rings. The van der Waals surface area contributed by atoms with Gasteiger partial charge in [0.25, 0.3) is 5.91 Å². The van der Waals surface area contributed by atoms with E-state index in [1.165, 1.54) is 4.90 Å². The quantitative estimate of drug-likeness (QED) is 0.359. The van der Waals surface area contributed by atoms with Gasteiger partial charge in [-0.15, -0.1) is 0 Å². The van der Waals surface area contributed by atoms with E-state index in [-0.39, 0.29) is 30.4 Å². The molecule has 0 aliphatic carbocycles. The molecule has 3 atom stereocenters. The number of piperidine rings is 1. The fourth-order valence-electron chi connectivity index (χ4n) is 4.85. The molecule has 0 aromatic heterocycles. The van der Waals surface area contributed by atoms with Crippen LogP contribution in [0.2, 0.25) is 0 Å². The predicted octanol–water partition coefficient (Wildman–Crippen LogP) is 3.49. The van der Waals surface area contributed by atoms with Crippen LogP contribution < -0.4 is 25.8 Å². The van der Waals surface area contributed by atoms with Gasteiger partial charge >= 0.3 is 6.09 Å². The molecule has 10 nitrogen and oxygen atoms in total. The Morgan fingerprint density at radius 3 is 2.37 bits per heavy atom. The Kier molecular flexibility index (Phi) is 11.6. The molecule has 2 aromatic rings. The molecule has 0 radical (unpaired) electrons. The number of nitrogens with one attached hydrogen (secondary N) is 2. The average Bonchev–Trinajstić information content (AvgIpc) is 2.93. The first-order chi connectivity index (χ1) is 19.5. The third-order valence-electron chi connectivity index (χ3n) is 6.94. The Labute approximate surface area is 241 Å². The minimum Gasteiger partial charge on any atom is -0.484 e. The van der Waals surface area contributed by atoms with Crippen molar-refractivity contribution in [2.24, 2.45) is 11.7 Å². The smallest absolute Gasteiger partial charge is 0.415 e. The number of carbonyl (C=O) groups is 4. The topological polar surface area (TPSA) is 140 Å². The number of para-hydroxylation sites is 1. The van der Waals surface area contributed by atoms with Gasteiger partial charge in [-0.05, 0) is 81.2 Å².